The van der Waals surface area contributed by atoms with E-state index in [2.05, 4.69) is 9.97 Å². The highest BCUT2D eigenvalue weighted by Gasteiger charge is 2.21. The van der Waals surface area contributed by atoms with E-state index in [0.29, 0.717) is 16.7 Å². The molecular weight excluding hydrogens is 274 g/mol. The second kappa shape index (κ2) is 4.35. The monoisotopic (exact) mass is 287 g/mol. The number of H-pyrrole nitrogens is 1. The van der Waals surface area contributed by atoms with Gasteiger partial charge in [-0.15, -0.1) is 0 Å². The predicted molar refractivity (Wildman–Crippen MR) is 77.1 cm³/mol. The van der Waals surface area contributed by atoms with Crippen molar-refractivity contribution >= 4 is 26.6 Å². The predicted octanol–water partition coefficient (Wildman–Crippen LogP) is 2.29. The SMILES string of the molecule is Cc1ccc(S(=O)(=O)c2nc3ccc(N)cc3[nH]2)cc1. The summed E-state index contributed by atoms with van der Waals surface area (Å²) in [6, 6.07) is 11.7. The van der Waals surface area contributed by atoms with Gasteiger partial charge in [-0.3, -0.25) is 0 Å². The van der Waals surface area contributed by atoms with E-state index in [0.717, 1.165) is 5.56 Å². The van der Waals surface area contributed by atoms with E-state index in [1.54, 1.807) is 42.5 Å². The zero-order valence-corrected chi connectivity index (χ0v) is 11.6. The molecule has 0 aliphatic carbocycles. The smallest absolute Gasteiger partial charge is 0.239 e. The fourth-order valence-electron chi connectivity index (χ4n) is 1.96. The summed E-state index contributed by atoms with van der Waals surface area (Å²) in [5.74, 6) is 0. The first-order valence-corrected chi connectivity index (χ1v) is 7.52. The number of aromatic amines is 1. The molecular formula is C14H13N3O2S. The number of fused-ring (bicyclic) bond motifs is 1. The lowest BCUT2D eigenvalue weighted by atomic mass is 10.2. The highest BCUT2D eigenvalue weighted by Crippen LogP contribution is 2.22. The molecule has 3 N–H and O–H groups in total. The van der Waals surface area contributed by atoms with Crippen LogP contribution in [0.15, 0.2) is 52.5 Å². The molecule has 0 atom stereocenters. The molecule has 0 aliphatic rings. The minimum Gasteiger partial charge on any atom is -0.399 e. The van der Waals surface area contributed by atoms with E-state index in [1.165, 1.54) is 0 Å². The first kappa shape index (κ1) is 12.7. The molecule has 0 saturated heterocycles. The summed E-state index contributed by atoms with van der Waals surface area (Å²) in [6.45, 7) is 1.90. The van der Waals surface area contributed by atoms with Crippen LogP contribution in [0.2, 0.25) is 0 Å². The van der Waals surface area contributed by atoms with Gasteiger partial charge in [0.25, 0.3) is 0 Å². The fourth-order valence-corrected chi connectivity index (χ4v) is 3.14. The lowest BCUT2D eigenvalue weighted by molar-refractivity contribution is 0.589. The van der Waals surface area contributed by atoms with Crippen molar-refractivity contribution in [1.82, 2.24) is 9.97 Å². The Morgan fingerprint density at radius 2 is 1.80 bits per heavy atom. The van der Waals surface area contributed by atoms with E-state index < -0.39 is 9.84 Å². The number of sulfone groups is 1. The molecule has 0 fully saturated rings. The average molecular weight is 287 g/mol. The summed E-state index contributed by atoms with van der Waals surface area (Å²) in [4.78, 5) is 7.15. The van der Waals surface area contributed by atoms with E-state index in [9.17, 15) is 8.42 Å². The Labute approximate surface area is 116 Å². The number of hydrogen-bond donors (Lipinski definition) is 2. The van der Waals surface area contributed by atoms with Crippen LogP contribution in [-0.4, -0.2) is 18.4 Å². The van der Waals surface area contributed by atoms with Crippen molar-refractivity contribution in [3.8, 4) is 0 Å². The molecule has 2 aromatic carbocycles. The number of anilines is 1. The van der Waals surface area contributed by atoms with Gasteiger partial charge in [0.2, 0.25) is 15.0 Å². The fraction of sp³-hybridized carbons (Fsp3) is 0.0714. The lowest BCUT2D eigenvalue weighted by Crippen LogP contribution is -2.03. The van der Waals surface area contributed by atoms with Crippen molar-refractivity contribution in [3.05, 3.63) is 48.0 Å². The number of nitrogens with zero attached hydrogens (tertiary/aromatic N) is 1. The summed E-state index contributed by atoms with van der Waals surface area (Å²) in [5.41, 5.74) is 8.41. The quantitative estimate of drug-likeness (QED) is 0.708. The van der Waals surface area contributed by atoms with Gasteiger partial charge in [0.1, 0.15) is 0 Å². The van der Waals surface area contributed by atoms with Gasteiger partial charge in [-0.25, -0.2) is 13.4 Å². The second-order valence-corrected chi connectivity index (χ2v) is 6.50. The Kier molecular flexibility index (Phi) is 2.76. The van der Waals surface area contributed by atoms with Crippen LogP contribution in [0.25, 0.3) is 11.0 Å². The molecule has 5 nitrogen and oxygen atoms in total. The minimum absolute atomic E-state index is 0.0676. The summed E-state index contributed by atoms with van der Waals surface area (Å²) in [6.07, 6.45) is 0. The maximum Gasteiger partial charge on any atom is 0.239 e. The topological polar surface area (TPSA) is 88.8 Å². The van der Waals surface area contributed by atoms with Gasteiger partial charge in [0, 0.05) is 5.69 Å². The number of imidazole rings is 1. The average Bonchev–Trinajstić information content (AvgIpc) is 2.83. The Morgan fingerprint density at radius 3 is 2.50 bits per heavy atom. The van der Waals surface area contributed by atoms with Crippen LogP contribution in [-0.2, 0) is 9.84 Å². The van der Waals surface area contributed by atoms with E-state index in [4.69, 9.17) is 5.73 Å². The molecule has 1 aromatic heterocycles. The number of benzene rings is 2. The summed E-state index contributed by atoms with van der Waals surface area (Å²) in [7, 11) is -3.64. The van der Waals surface area contributed by atoms with Gasteiger partial charge >= 0.3 is 0 Å². The van der Waals surface area contributed by atoms with Gasteiger partial charge in [-0.2, -0.15) is 0 Å². The maximum absolute atomic E-state index is 12.5. The first-order valence-electron chi connectivity index (χ1n) is 6.04. The Hall–Kier alpha value is -2.34. The lowest BCUT2D eigenvalue weighted by Gasteiger charge is -2.01. The zero-order chi connectivity index (χ0) is 14.3. The summed E-state index contributed by atoms with van der Waals surface area (Å²) in [5, 5.41) is -0.0676. The van der Waals surface area contributed by atoms with Crippen molar-refractivity contribution in [2.75, 3.05) is 5.73 Å². The van der Waals surface area contributed by atoms with Gasteiger partial charge in [0.15, 0.2) is 0 Å². The Bertz CT molecular complexity index is 880. The largest absolute Gasteiger partial charge is 0.399 e. The van der Waals surface area contributed by atoms with Gasteiger partial charge in [-0.1, -0.05) is 17.7 Å². The van der Waals surface area contributed by atoms with Crippen LogP contribution in [0.5, 0.6) is 0 Å². The van der Waals surface area contributed by atoms with E-state index >= 15 is 0 Å². The van der Waals surface area contributed by atoms with Crippen LogP contribution >= 0.6 is 0 Å². The van der Waals surface area contributed by atoms with E-state index in [-0.39, 0.29) is 10.1 Å². The normalized spacial score (nSPS) is 11.8. The molecule has 0 spiro atoms. The number of rotatable bonds is 2. The number of nitrogen functional groups attached to an aromatic ring is 1. The van der Waals surface area contributed by atoms with Gasteiger partial charge in [-0.05, 0) is 37.3 Å². The molecule has 0 aliphatic heterocycles. The molecule has 20 heavy (non-hydrogen) atoms. The molecule has 3 aromatic rings. The molecule has 0 bridgehead atoms. The van der Waals surface area contributed by atoms with Gasteiger partial charge in [0.05, 0.1) is 15.9 Å². The second-order valence-electron chi connectivity index (χ2n) is 4.64. The van der Waals surface area contributed by atoms with Crippen molar-refractivity contribution in [2.24, 2.45) is 0 Å². The third-order valence-corrected chi connectivity index (χ3v) is 4.67. The van der Waals surface area contributed by atoms with Crippen LogP contribution in [0, 0.1) is 6.92 Å². The van der Waals surface area contributed by atoms with Crippen molar-refractivity contribution in [1.29, 1.82) is 0 Å². The summed E-state index contributed by atoms with van der Waals surface area (Å²) < 4.78 is 24.9. The minimum atomic E-state index is -3.64. The number of aryl methyl sites for hydroxylation is 1. The molecule has 102 valence electrons. The number of hydrogen-bond acceptors (Lipinski definition) is 4. The van der Waals surface area contributed by atoms with Crippen LogP contribution < -0.4 is 5.73 Å². The van der Waals surface area contributed by atoms with Crippen molar-refractivity contribution in [3.63, 3.8) is 0 Å². The molecule has 0 radical (unpaired) electrons. The third-order valence-electron chi connectivity index (χ3n) is 3.07. The van der Waals surface area contributed by atoms with Crippen LogP contribution in [0.1, 0.15) is 5.56 Å². The maximum atomic E-state index is 12.5. The van der Waals surface area contributed by atoms with Crippen LogP contribution in [0.4, 0.5) is 5.69 Å². The Balaban J connectivity index is 2.15. The molecule has 0 amide bonds. The molecule has 3 rings (SSSR count). The number of nitrogens with two attached hydrogens (primary N) is 1. The molecule has 6 heteroatoms. The zero-order valence-electron chi connectivity index (χ0n) is 10.8. The number of aromatic nitrogens is 2. The Morgan fingerprint density at radius 1 is 1.10 bits per heavy atom. The summed E-state index contributed by atoms with van der Waals surface area (Å²) >= 11 is 0. The molecule has 1 heterocycles. The highest BCUT2D eigenvalue weighted by atomic mass is 32.2. The van der Waals surface area contributed by atoms with Crippen LogP contribution in [0.3, 0.4) is 0 Å². The third kappa shape index (κ3) is 2.04. The van der Waals surface area contributed by atoms with E-state index in [1.807, 2.05) is 6.92 Å². The molecule has 0 saturated carbocycles. The van der Waals surface area contributed by atoms with Gasteiger partial charge < -0.3 is 10.7 Å². The molecule has 0 unspecified atom stereocenters. The highest BCUT2D eigenvalue weighted by molar-refractivity contribution is 7.91. The first-order chi connectivity index (χ1) is 9.46. The number of nitrogens with one attached hydrogen (secondary N) is 1. The standard InChI is InChI=1S/C14H13N3O2S/c1-9-2-5-11(6-3-9)20(18,19)14-16-12-7-4-10(15)8-13(12)17-14/h2-8H,15H2,1H3,(H,16,17). The van der Waals surface area contributed by atoms with Crippen molar-refractivity contribution in [2.45, 2.75) is 17.0 Å². The van der Waals surface area contributed by atoms with Crippen molar-refractivity contribution < 1.29 is 8.42 Å².